The van der Waals surface area contributed by atoms with Gasteiger partial charge >= 0.3 is 0 Å². The van der Waals surface area contributed by atoms with Crippen LogP contribution in [-0.4, -0.2) is 38.9 Å². The van der Waals surface area contributed by atoms with Crippen molar-refractivity contribution in [2.24, 2.45) is 0 Å². The lowest BCUT2D eigenvalue weighted by molar-refractivity contribution is 0.0977. The Kier molecular flexibility index (Phi) is 8.11. The van der Waals surface area contributed by atoms with E-state index < -0.39 is 0 Å². The number of fused-ring (bicyclic) bond motifs is 1. The Morgan fingerprint density at radius 3 is 2.38 bits per heavy atom. The van der Waals surface area contributed by atoms with Gasteiger partial charge in [0.05, 0.1) is 32.6 Å². The van der Waals surface area contributed by atoms with Crippen LogP contribution in [0.1, 0.15) is 33.5 Å². The summed E-state index contributed by atoms with van der Waals surface area (Å²) in [5.41, 5.74) is 4.51. The minimum Gasteiger partial charge on any atom is -0.493 e. The molecule has 2 N–H and O–H groups in total. The van der Waals surface area contributed by atoms with Gasteiger partial charge in [0.1, 0.15) is 6.07 Å². The fourth-order valence-electron chi connectivity index (χ4n) is 4.51. The number of nitrogens with one attached hydrogen (secondary N) is 2. The van der Waals surface area contributed by atoms with Gasteiger partial charge in [-0.1, -0.05) is 18.2 Å². The van der Waals surface area contributed by atoms with E-state index in [2.05, 4.69) is 21.6 Å². The molecule has 3 aromatic carbocycles. The standard InChI is InChI=1S/C28H28N4O4S/c1-34-24-14-18(15-25(35-2)26(24)36-3)17-32-13-7-10-20-21(16-29)22(11-12-23(20)32)30-28(37)31-27(33)19-8-5-4-6-9-19/h4-6,8-9,11-12,14-15H,7,10,13,17H2,1-3H3,(H2,30,31,33,37). The lowest BCUT2D eigenvalue weighted by Gasteiger charge is -2.33. The van der Waals surface area contributed by atoms with Crippen molar-refractivity contribution in [1.82, 2.24) is 5.32 Å². The average molecular weight is 517 g/mol. The smallest absolute Gasteiger partial charge is 0.257 e. The first-order chi connectivity index (χ1) is 18.0. The molecule has 0 saturated carbocycles. The van der Waals surface area contributed by atoms with Crippen LogP contribution in [0.4, 0.5) is 11.4 Å². The Hall–Kier alpha value is -4.29. The maximum Gasteiger partial charge on any atom is 0.257 e. The van der Waals surface area contributed by atoms with Gasteiger partial charge in [0.25, 0.3) is 5.91 Å². The normalized spacial score (nSPS) is 12.1. The molecule has 3 aromatic rings. The van der Waals surface area contributed by atoms with Crippen LogP contribution in [0.15, 0.2) is 54.6 Å². The predicted octanol–water partition coefficient (Wildman–Crippen LogP) is 4.66. The molecule has 8 nitrogen and oxygen atoms in total. The average Bonchev–Trinajstić information content (AvgIpc) is 2.92. The third kappa shape index (κ3) is 5.60. The highest BCUT2D eigenvalue weighted by Gasteiger charge is 2.24. The molecule has 37 heavy (non-hydrogen) atoms. The van der Waals surface area contributed by atoms with Crippen molar-refractivity contribution in [1.29, 1.82) is 5.26 Å². The van der Waals surface area contributed by atoms with E-state index in [-0.39, 0.29) is 11.0 Å². The molecule has 0 fully saturated rings. The number of carbonyl (C=O) groups is 1. The number of ether oxygens (including phenoxy) is 3. The van der Waals surface area contributed by atoms with E-state index in [9.17, 15) is 10.1 Å². The van der Waals surface area contributed by atoms with E-state index in [0.717, 1.165) is 36.2 Å². The summed E-state index contributed by atoms with van der Waals surface area (Å²) in [6, 6.07) is 18.8. The van der Waals surface area contributed by atoms with E-state index in [0.29, 0.717) is 40.6 Å². The van der Waals surface area contributed by atoms with Crippen LogP contribution in [0, 0.1) is 11.3 Å². The molecule has 0 aromatic heterocycles. The second kappa shape index (κ2) is 11.6. The minimum absolute atomic E-state index is 0.135. The van der Waals surface area contributed by atoms with Gasteiger partial charge in [0.2, 0.25) is 5.75 Å². The zero-order valence-electron chi connectivity index (χ0n) is 21.0. The number of anilines is 2. The number of carbonyl (C=O) groups excluding carboxylic acids is 1. The van der Waals surface area contributed by atoms with Crippen molar-refractivity contribution in [2.75, 3.05) is 38.1 Å². The van der Waals surface area contributed by atoms with Crippen LogP contribution in [-0.2, 0) is 13.0 Å². The lowest BCUT2D eigenvalue weighted by Crippen LogP contribution is -2.34. The first-order valence-electron chi connectivity index (χ1n) is 11.8. The van der Waals surface area contributed by atoms with E-state index in [4.69, 9.17) is 26.4 Å². The molecule has 0 spiro atoms. The molecule has 0 unspecified atom stereocenters. The van der Waals surface area contributed by atoms with Gasteiger partial charge < -0.3 is 24.4 Å². The molecule has 0 bridgehead atoms. The van der Waals surface area contributed by atoms with Crippen molar-refractivity contribution < 1.29 is 19.0 Å². The number of hydrogen-bond donors (Lipinski definition) is 2. The number of nitrogens with zero attached hydrogens (tertiary/aromatic N) is 2. The molecule has 0 aliphatic carbocycles. The van der Waals surface area contributed by atoms with Crippen molar-refractivity contribution in [2.45, 2.75) is 19.4 Å². The number of methoxy groups -OCH3 is 3. The Morgan fingerprint density at radius 2 is 1.76 bits per heavy atom. The zero-order valence-corrected chi connectivity index (χ0v) is 21.8. The largest absolute Gasteiger partial charge is 0.493 e. The van der Waals surface area contributed by atoms with Gasteiger partial charge in [-0.2, -0.15) is 5.26 Å². The molecule has 190 valence electrons. The molecule has 0 saturated heterocycles. The maximum absolute atomic E-state index is 12.4. The molecule has 1 amide bonds. The van der Waals surface area contributed by atoms with Crippen molar-refractivity contribution in [3.05, 3.63) is 76.9 Å². The fourth-order valence-corrected chi connectivity index (χ4v) is 4.72. The summed E-state index contributed by atoms with van der Waals surface area (Å²) in [7, 11) is 4.77. The summed E-state index contributed by atoms with van der Waals surface area (Å²) >= 11 is 5.36. The van der Waals surface area contributed by atoms with Crippen LogP contribution in [0.3, 0.4) is 0 Å². The molecular weight excluding hydrogens is 488 g/mol. The zero-order chi connectivity index (χ0) is 26.4. The van der Waals surface area contributed by atoms with E-state index in [1.54, 1.807) is 45.6 Å². The molecule has 0 radical (unpaired) electrons. The van der Waals surface area contributed by atoms with Gasteiger partial charge in [-0.3, -0.25) is 10.1 Å². The molecule has 1 aliphatic heterocycles. The number of hydrogen-bond acceptors (Lipinski definition) is 7. The van der Waals surface area contributed by atoms with Gasteiger partial charge in [-0.05, 0) is 72.6 Å². The second-order valence-electron chi connectivity index (χ2n) is 8.43. The highest BCUT2D eigenvalue weighted by atomic mass is 32.1. The van der Waals surface area contributed by atoms with Crippen LogP contribution < -0.4 is 29.7 Å². The number of rotatable bonds is 7. The SMILES string of the molecule is COc1cc(CN2CCCc3c2ccc(NC(=S)NC(=O)c2ccccc2)c3C#N)cc(OC)c1OC. The van der Waals surface area contributed by atoms with Crippen LogP contribution >= 0.6 is 12.2 Å². The monoisotopic (exact) mass is 516 g/mol. The van der Waals surface area contributed by atoms with Gasteiger partial charge in [0, 0.05) is 24.3 Å². The Bertz CT molecular complexity index is 1330. The first-order valence-corrected chi connectivity index (χ1v) is 12.2. The van der Waals surface area contributed by atoms with Gasteiger partial charge in [0.15, 0.2) is 16.6 Å². The molecule has 4 rings (SSSR count). The van der Waals surface area contributed by atoms with E-state index in [1.165, 1.54) is 0 Å². The van der Waals surface area contributed by atoms with Crippen LogP contribution in [0.5, 0.6) is 17.2 Å². The summed E-state index contributed by atoms with van der Waals surface area (Å²) in [6.07, 6.45) is 1.66. The highest BCUT2D eigenvalue weighted by Crippen LogP contribution is 2.40. The van der Waals surface area contributed by atoms with Crippen LogP contribution in [0.2, 0.25) is 0 Å². The van der Waals surface area contributed by atoms with Crippen LogP contribution in [0.25, 0.3) is 0 Å². The third-order valence-corrected chi connectivity index (χ3v) is 6.41. The van der Waals surface area contributed by atoms with E-state index >= 15 is 0 Å². The number of benzene rings is 3. The summed E-state index contributed by atoms with van der Waals surface area (Å²) < 4.78 is 16.5. The fraction of sp³-hybridized carbons (Fsp3) is 0.250. The molecule has 0 atom stereocenters. The van der Waals surface area contributed by atoms with Gasteiger partial charge in [-0.25, -0.2) is 0 Å². The highest BCUT2D eigenvalue weighted by molar-refractivity contribution is 7.80. The second-order valence-corrected chi connectivity index (χ2v) is 8.84. The maximum atomic E-state index is 12.4. The van der Waals surface area contributed by atoms with Gasteiger partial charge in [-0.15, -0.1) is 0 Å². The molecule has 1 heterocycles. The first kappa shape index (κ1) is 25.8. The molecular formula is C28H28N4O4S. The predicted molar refractivity (Wildman–Crippen MR) is 147 cm³/mol. The summed E-state index contributed by atoms with van der Waals surface area (Å²) in [5.74, 6) is 1.42. The Morgan fingerprint density at radius 1 is 1.05 bits per heavy atom. The quantitative estimate of drug-likeness (QED) is 0.438. The number of thiocarbonyl (C=S) groups is 1. The van der Waals surface area contributed by atoms with E-state index in [1.807, 2.05) is 30.3 Å². The van der Waals surface area contributed by atoms with Crippen molar-refractivity contribution in [3.63, 3.8) is 0 Å². The van der Waals surface area contributed by atoms with Crippen molar-refractivity contribution >= 4 is 34.6 Å². The Balaban J connectivity index is 1.56. The number of amides is 1. The topological polar surface area (TPSA) is 95.9 Å². The summed E-state index contributed by atoms with van der Waals surface area (Å²) in [6.45, 7) is 1.44. The number of nitriles is 1. The summed E-state index contributed by atoms with van der Waals surface area (Å²) in [4.78, 5) is 14.7. The summed E-state index contributed by atoms with van der Waals surface area (Å²) in [5, 5.41) is 15.9. The Labute approximate surface area is 221 Å². The third-order valence-electron chi connectivity index (χ3n) is 6.20. The molecule has 1 aliphatic rings. The lowest BCUT2D eigenvalue weighted by atomic mass is 9.95. The minimum atomic E-state index is -0.314. The van der Waals surface area contributed by atoms with Crippen molar-refractivity contribution in [3.8, 4) is 23.3 Å². The molecule has 9 heteroatoms.